The maximum Gasteiger partial charge on any atom is 0.224 e. The molecule has 2 aliphatic rings. The van der Waals surface area contributed by atoms with Gasteiger partial charge in [-0.1, -0.05) is 19.3 Å². The minimum atomic E-state index is 0.0730. The summed E-state index contributed by atoms with van der Waals surface area (Å²) in [5, 5.41) is 3.18. The van der Waals surface area contributed by atoms with Gasteiger partial charge in [-0.3, -0.25) is 4.79 Å². The summed E-state index contributed by atoms with van der Waals surface area (Å²) in [7, 11) is 0. The molecule has 2 saturated carbocycles. The van der Waals surface area contributed by atoms with Crippen LogP contribution in [0.3, 0.4) is 0 Å². The summed E-state index contributed by atoms with van der Waals surface area (Å²) < 4.78 is 0. The second-order valence-electron chi connectivity index (χ2n) is 5.54. The van der Waals surface area contributed by atoms with Crippen LogP contribution in [-0.2, 0) is 4.79 Å². The topological polar surface area (TPSA) is 55.1 Å². The molecule has 0 aromatic heterocycles. The first-order valence-electron chi connectivity index (χ1n) is 6.74. The van der Waals surface area contributed by atoms with Gasteiger partial charge in [0.15, 0.2) is 0 Å². The molecule has 0 spiro atoms. The quantitative estimate of drug-likeness (QED) is 0.768. The second kappa shape index (κ2) is 5.17. The van der Waals surface area contributed by atoms with Crippen molar-refractivity contribution in [1.29, 1.82) is 0 Å². The third-order valence-electron chi connectivity index (χ3n) is 4.38. The van der Waals surface area contributed by atoms with Crippen molar-refractivity contribution in [3.63, 3.8) is 0 Å². The average Bonchev–Trinajstić information content (AvgIpc) is 2.86. The number of carbonyl (C=O) groups excluding carboxylic acids is 1. The van der Waals surface area contributed by atoms with Crippen molar-refractivity contribution < 1.29 is 4.79 Å². The van der Waals surface area contributed by atoms with Crippen molar-refractivity contribution >= 4 is 5.91 Å². The Bertz CT molecular complexity index is 248. The van der Waals surface area contributed by atoms with Gasteiger partial charge in [-0.05, 0) is 38.5 Å². The number of carbonyl (C=O) groups is 1. The molecule has 3 atom stereocenters. The zero-order valence-corrected chi connectivity index (χ0v) is 10.2. The SMILES string of the molecule is C[C@H](NC(=O)C1CCCC1N)C1CCCC1. The minimum absolute atomic E-state index is 0.0730. The van der Waals surface area contributed by atoms with Crippen molar-refractivity contribution in [3.8, 4) is 0 Å². The molecule has 16 heavy (non-hydrogen) atoms. The Balaban J connectivity index is 1.81. The molecule has 0 heterocycles. The molecule has 0 aromatic rings. The lowest BCUT2D eigenvalue weighted by molar-refractivity contribution is -0.126. The van der Waals surface area contributed by atoms with Crippen LogP contribution < -0.4 is 11.1 Å². The van der Waals surface area contributed by atoms with E-state index in [0.717, 1.165) is 19.3 Å². The number of nitrogens with one attached hydrogen (secondary N) is 1. The van der Waals surface area contributed by atoms with Gasteiger partial charge in [0.25, 0.3) is 0 Å². The van der Waals surface area contributed by atoms with Crippen molar-refractivity contribution in [2.45, 2.75) is 64.0 Å². The molecule has 0 bridgehead atoms. The zero-order chi connectivity index (χ0) is 11.5. The minimum Gasteiger partial charge on any atom is -0.353 e. The molecule has 0 radical (unpaired) electrons. The highest BCUT2D eigenvalue weighted by Gasteiger charge is 2.32. The molecule has 3 nitrogen and oxygen atoms in total. The summed E-state index contributed by atoms with van der Waals surface area (Å²) in [6.45, 7) is 2.15. The molecule has 2 unspecified atom stereocenters. The molecule has 2 rings (SSSR count). The van der Waals surface area contributed by atoms with Gasteiger partial charge < -0.3 is 11.1 Å². The highest BCUT2D eigenvalue weighted by molar-refractivity contribution is 5.80. The first kappa shape index (κ1) is 11.9. The Kier molecular flexibility index (Phi) is 3.85. The molecular formula is C13H24N2O. The van der Waals surface area contributed by atoms with Gasteiger partial charge in [0.1, 0.15) is 0 Å². The summed E-state index contributed by atoms with van der Waals surface area (Å²) in [5.41, 5.74) is 5.95. The number of nitrogens with two attached hydrogens (primary N) is 1. The van der Waals surface area contributed by atoms with Gasteiger partial charge in [-0.2, -0.15) is 0 Å². The third kappa shape index (κ3) is 2.57. The van der Waals surface area contributed by atoms with Crippen LogP contribution >= 0.6 is 0 Å². The molecule has 2 aliphatic carbocycles. The molecule has 1 amide bonds. The number of rotatable bonds is 3. The van der Waals surface area contributed by atoms with Crippen LogP contribution in [-0.4, -0.2) is 18.0 Å². The molecule has 92 valence electrons. The van der Waals surface area contributed by atoms with Crippen molar-refractivity contribution in [2.75, 3.05) is 0 Å². The van der Waals surface area contributed by atoms with Crippen LogP contribution in [0.1, 0.15) is 51.9 Å². The molecule has 0 saturated heterocycles. The summed E-state index contributed by atoms with van der Waals surface area (Å²) in [6, 6.07) is 0.429. The predicted octanol–water partition coefficient (Wildman–Crippen LogP) is 1.81. The van der Waals surface area contributed by atoms with Crippen LogP contribution in [0.2, 0.25) is 0 Å². The van der Waals surface area contributed by atoms with Gasteiger partial charge in [-0.25, -0.2) is 0 Å². The fraction of sp³-hybridized carbons (Fsp3) is 0.923. The second-order valence-corrected chi connectivity index (χ2v) is 5.54. The van der Waals surface area contributed by atoms with Crippen molar-refractivity contribution in [3.05, 3.63) is 0 Å². The Labute approximate surface area is 98.2 Å². The van der Waals surface area contributed by atoms with E-state index in [9.17, 15) is 4.79 Å². The van der Waals surface area contributed by atoms with Gasteiger partial charge >= 0.3 is 0 Å². The fourth-order valence-electron chi connectivity index (χ4n) is 3.22. The van der Waals surface area contributed by atoms with E-state index in [2.05, 4.69) is 12.2 Å². The fourth-order valence-corrected chi connectivity index (χ4v) is 3.22. The Hall–Kier alpha value is -0.570. The smallest absolute Gasteiger partial charge is 0.224 e. The van der Waals surface area contributed by atoms with Crippen LogP contribution in [0.15, 0.2) is 0 Å². The first-order valence-corrected chi connectivity index (χ1v) is 6.74. The van der Waals surface area contributed by atoms with E-state index in [1.54, 1.807) is 0 Å². The first-order chi connectivity index (χ1) is 7.68. The highest BCUT2D eigenvalue weighted by Crippen LogP contribution is 2.29. The van der Waals surface area contributed by atoms with Crippen molar-refractivity contribution in [2.24, 2.45) is 17.6 Å². The summed E-state index contributed by atoms with van der Waals surface area (Å²) >= 11 is 0. The summed E-state index contributed by atoms with van der Waals surface area (Å²) in [4.78, 5) is 12.0. The third-order valence-corrected chi connectivity index (χ3v) is 4.38. The lowest BCUT2D eigenvalue weighted by Gasteiger charge is -2.23. The zero-order valence-electron chi connectivity index (χ0n) is 10.2. The number of hydrogen-bond donors (Lipinski definition) is 2. The lowest BCUT2D eigenvalue weighted by atomic mass is 9.97. The van der Waals surface area contributed by atoms with Crippen molar-refractivity contribution in [1.82, 2.24) is 5.32 Å². The molecule has 3 heteroatoms. The molecule has 2 fully saturated rings. The van der Waals surface area contributed by atoms with Gasteiger partial charge in [0.05, 0.1) is 5.92 Å². The van der Waals surface area contributed by atoms with E-state index in [-0.39, 0.29) is 17.9 Å². The van der Waals surface area contributed by atoms with E-state index < -0.39 is 0 Å². The maximum atomic E-state index is 12.0. The van der Waals surface area contributed by atoms with Gasteiger partial charge in [0, 0.05) is 12.1 Å². The standard InChI is InChI=1S/C13H24N2O/c1-9(10-5-2-3-6-10)15-13(16)11-7-4-8-12(11)14/h9-12H,2-8,14H2,1H3,(H,15,16)/t9-,11?,12?/m0/s1. The summed E-state index contributed by atoms with van der Waals surface area (Å²) in [6.07, 6.45) is 8.30. The molecular weight excluding hydrogens is 200 g/mol. The predicted molar refractivity (Wildman–Crippen MR) is 64.9 cm³/mol. The largest absolute Gasteiger partial charge is 0.353 e. The van der Waals surface area contributed by atoms with E-state index >= 15 is 0 Å². The van der Waals surface area contributed by atoms with E-state index in [0.29, 0.717) is 12.0 Å². The van der Waals surface area contributed by atoms with E-state index in [1.165, 1.54) is 25.7 Å². The Morgan fingerprint density at radius 3 is 2.44 bits per heavy atom. The van der Waals surface area contributed by atoms with Crippen LogP contribution in [0.4, 0.5) is 0 Å². The Morgan fingerprint density at radius 1 is 1.19 bits per heavy atom. The Morgan fingerprint density at radius 2 is 1.88 bits per heavy atom. The van der Waals surface area contributed by atoms with E-state index in [4.69, 9.17) is 5.73 Å². The molecule has 0 aromatic carbocycles. The number of hydrogen-bond acceptors (Lipinski definition) is 2. The summed E-state index contributed by atoms with van der Waals surface area (Å²) in [5.74, 6) is 0.967. The van der Waals surface area contributed by atoms with Crippen LogP contribution in [0.5, 0.6) is 0 Å². The number of amides is 1. The highest BCUT2D eigenvalue weighted by atomic mass is 16.2. The van der Waals surface area contributed by atoms with Gasteiger partial charge in [-0.15, -0.1) is 0 Å². The average molecular weight is 224 g/mol. The van der Waals surface area contributed by atoms with Crippen LogP contribution in [0, 0.1) is 11.8 Å². The lowest BCUT2D eigenvalue weighted by Crippen LogP contribution is -2.44. The van der Waals surface area contributed by atoms with Gasteiger partial charge in [0.2, 0.25) is 5.91 Å². The van der Waals surface area contributed by atoms with E-state index in [1.807, 2.05) is 0 Å². The molecule has 3 N–H and O–H groups in total. The maximum absolute atomic E-state index is 12.0. The van der Waals surface area contributed by atoms with Crippen LogP contribution in [0.25, 0.3) is 0 Å². The normalized spacial score (nSPS) is 32.9. The monoisotopic (exact) mass is 224 g/mol. The molecule has 0 aliphatic heterocycles.